The predicted molar refractivity (Wildman–Crippen MR) is 252 cm³/mol. The van der Waals surface area contributed by atoms with E-state index in [1.165, 1.54) is 77.5 Å². The van der Waals surface area contributed by atoms with Crippen LogP contribution in [0, 0.1) is 0 Å². The van der Waals surface area contributed by atoms with Crippen molar-refractivity contribution in [2.45, 2.75) is 5.41 Å². The van der Waals surface area contributed by atoms with E-state index in [1.807, 2.05) is 0 Å². The Labute approximate surface area is 352 Å². The van der Waals surface area contributed by atoms with Gasteiger partial charge in [-0.2, -0.15) is 0 Å². The van der Waals surface area contributed by atoms with Gasteiger partial charge in [-0.15, -0.1) is 0 Å². The minimum Gasteiger partial charge on any atom is -0.310 e. The van der Waals surface area contributed by atoms with Crippen molar-refractivity contribution < 1.29 is 0 Å². The van der Waals surface area contributed by atoms with E-state index in [2.05, 4.69) is 254 Å². The topological polar surface area (TPSA) is 3.24 Å². The lowest BCUT2D eigenvalue weighted by Crippen LogP contribution is -2.29. The summed E-state index contributed by atoms with van der Waals surface area (Å²) in [5, 5.41) is 2.53. The van der Waals surface area contributed by atoms with Crippen molar-refractivity contribution >= 4 is 27.8 Å². The van der Waals surface area contributed by atoms with Gasteiger partial charge in [0, 0.05) is 17.1 Å². The second-order valence-electron chi connectivity index (χ2n) is 15.6. The van der Waals surface area contributed by atoms with Gasteiger partial charge in [0.2, 0.25) is 0 Å². The van der Waals surface area contributed by atoms with Crippen molar-refractivity contribution in [1.29, 1.82) is 0 Å². The van der Waals surface area contributed by atoms with E-state index in [0.717, 1.165) is 17.1 Å². The third-order valence-corrected chi connectivity index (χ3v) is 12.3. The van der Waals surface area contributed by atoms with Gasteiger partial charge in [-0.25, -0.2) is 0 Å². The Morgan fingerprint density at radius 2 is 0.683 bits per heavy atom. The van der Waals surface area contributed by atoms with E-state index in [9.17, 15) is 0 Å². The second-order valence-corrected chi connectivity index (χ2v) is 15.6. The summed E-state index contributed by atoms with van der Waals surface area (Å²) < 4.78 is 0. The normalized spacial score (nSPS) is 12.5. The lowest BCUT2D eigenvalue weighted by Gasteiger charge is -2.35. The molecular weight excluding hydrogens is 723 g/mol. The van der Waals surface area contributed by atoms with Gasteiger partial charge < -0.3 is 4.90 Å². The van der Waals surface area contributed by atoms with Crippen LogP contribution in [0.2, 0.25) is 0 Å². The number of anilines is 3. The Morgan fingerprint density at radius 1 is 0.267 bits per heavy atom. The summed E-state index contributed by atoms with van der Waals surface area (Å²) in [6.07, 6.45) is 0. The first-order valence-corrected chi connectivity index (χ1v) is 20.8. The first kappa shape index (κ1) is 35.4. The average Bonchev–Trinajstić information content (AvgIpc) is 3.63. The number of para-hydroxylation sites is 1. The summed E-state index contributed by atoms with van der Waals surface area (Å²) in [5.41, 5.74) is 17.7. The molecule has 60 heavy (non-hydrogen) atoms. The van der Waals surface area contributed by atoms with Gasteiger partial charge in [0.25, 0.3) is 0 Å². The highest BCUT2D eigenvalue weighted by Gasteiger charge is 2.48. The molecule has 0 saturated heterocycles. The molecule has 11 rings (SSSR count). The van der Waals surface area contributed by atoms with Crippen molar-refractivity contribution in [3.05, 3.63) is 271 Å². The zero-order chi connectivity index (χ0) is 39.9. The first-order chi connectivity index (χ1) is 29.8. The summed E-state index contributed by atoms with van der Waals surface area (Å²) in [6, 6.07) is 91.0. The fourth-order valence-electron chi connectivity index (χ4n) is 9.66. The van der Waals surface area contributed by atoms with E-state index in [-0.39, 0.29) is 0 Å². The van der Waals surface area contributed by atoms with Gasteiger partial charge in [0.1, 0.15) is 0 Å². The van der Waals surface area contributed by atoms with Gasteiger partial charge >= 0.3 is 0 Å². The molecule has 0 saturated carbocycles. The van der Waals surface area contributed by atoms with E-state index in [1.54, 1.807) is 0 Å². The monoisotopic (exact) mass is 763 g/mol. The molecule has 0 radical (unpaired) electrons. The molecule has 0 N–H and O–H groups in total. The molecule has 0 aliphatic heterocycles. The maximum Gasteiger partial charge on any atom is 0.0720 e. The van der Waals surface area contributed by atoms with Crippen molar-refractivity contribution in [3.8, 4) is 44.5 Å². The lowest BCUT2D eigenvalue weighted by atomic mass is 9.66. The summed E-state index contributed by atoms with van der Waals surface area (Å²) >= 11 is 0. The molecule has 0 atom stereocenters. The quantitative estimate of drug-likeness (QED) is 0.149. The highest BCUT2D eigenvalue weighted by molar-refractivity contribution is 6.07. The van der Waals surface area contributed by atoms with Crippen LogP contribution in [0.15, 0.2) is 249 Å². The maximum atomic E-state index is 2.47. The molecule has 1 aliphatic carbocycles. The molecule has 10 aromatic rings. The molecule has 0 unspecified atom stereocenters. The molecule has 0 bridgehead atoms. The number of hydrogen-bond acceptors (Lipinski definition) is 1. The third kappa shape index (κ3) is 5.86. The van der Waals surface area contributed by atoms with E-state index < -0.39 is 5.41 Å². The summed E-state index contributed by atoms with van der Waals surface area (Å²) in [6.45, 7) is 0. The Bertz CT molecular complexity index is 3050. The van der Waals surface area contributed by atoms with Crippen LogP contribution in [0.5, 0.6) is 0 Å². The lowest BCUT2D eigenvalue weighted by molar-refractivity contribution is 0.775. The SMILES string of the molecule is c1ccc(-c2ccc(-c3ccc(N(c4ccccc4)c4ccc5c(c4)C(c4ccccc4)(c4ccccc4)c4c-5cc(-c5ccccc5)c5ccccc45)cc3)cc2)cc1. The minimum absolute atomic E-state index is 0.587. The van der Waals surface area contributed by atoms with Crippen LogP contribution in [0.3, 0.4) is 0 Å². The highest BCUT2D eigenvalue weighted by Crippen LogP contribution is 2.60. The molecule has 0 spiro atoms. The summed E-state index contributed by atoms with van der Waals surface area (Å²) in [4.78, 5) is 2.40. The third-order valence-electron chi connectivity index (χ3n) is 12.3. The van der Waals surface area contributed by atoms with Gasteiger partial charge in [-0.3, -0.25) is 0 Å². The fraction of sp³-hybridized carbons (Fsp3) is 0.0169. The van der Waals surface area contributed by atoms with E-state index >= 15 is 0 Å². The molecular formula is C59H41N. The van der Waals surface area contributed by atoms with Gasteiger partial charge in [0.15, 0.2) is 0 Å². The van der Waals surface area contributed by atoms with Gasteiger partial charge in [-0.05, 0) is 120 Å². The Morgan fingerprint density at radius 3 is 1.25 bits per heavy atom. The van der Waals surface area contributed by atoms with Crippen molar-refractivity contribution in [2.24, 2.45) is 0 Å². The zero-order valence-corrected chi connectivity index (χ0v) is 33.1. The second kappa shape index (κ2) is 14.9. The van der Waals surface area contributed by atoms with Crippen molar-refractivity contribution in [3.63, 3.8) is 0 Å². The number of fused-ring (bicyclic) bond motifs is 5. The molecule has 0 amide bonds. The van der Waals surface area contributed by atoms with Crippen LogP contribution in [-0.2, 0) is 5.41 Å². The Kier molecular flexibility index (Phi) is 8.79. The molecule has 1 nitrogen and oxygen atoms in total. The summed E-state index contributed by atoms with van der Waals surface area (Å²) in [5.74, 6) is 0. The van der Waals surface area contributed by atoms with Crippen molar-refractivity contribution in [2.75, 3.05) is 4.90 Å². The maximum absolute atomic E-state index is 2.47. The number of nitrogens with zero attached hydrogens (tertiary/aromatic N) is 1. The van der Waals surface area contributed by atoms with Gasteiger partial charge in [-0.1, -0.05) is 206 Å². The van der Waals surface area contributed by atoms with Crippen LogP contribution in [0.1, 0.15) is 22.3 Å². The van der Waals surface area contributed by atoms with E-state index in [4.69, 9.17) is 0 Å². The first-order valence-electron chi connectivity index (χ1n) is 20.8. The van der Waals surface area contributed by atoms with E-state index in [0.29, 0.717) is 0 Å². The molecule has 0 fully saturated rings. The van der Waals surface area contributed by atoms with Gasteiger partial charge in [0.05, 0.1) is 5.41 Å². The standard InChI is InChI=1S/C59H41N/c1-6-18-42(19-7-1)43-30-32-44(33-31-43)45-34-36-50(37-35-45)60(49-26-14-5-15-27-49)51-38-39-53-56-41-55(46-20-8-2-9-21-46)52-28-16-17-29-54(52)58(56)59(57(53)40-51,47-22-10-3-11-23-47)48-24-12-4-13-25-48/h1-41H. The molecule has 1 heteroatoms. The smallest absolute Gasteiger partial charge is 0.0720 e. The Hall–Kier alpha value is -7.74. The van der Waals surface area contributed by atoms with Crippen molar-refractivity contribution in [1.82, 2.24) is 0 Å². The largest absolute Gasteiger partial charge is 0.310 e. The molecule has 1 aliphatic rings. The molecule has 0 aromatic heterocycles. The highest BCUT2D eigenvalue weighted by atomic mass is 15.1. The number of benzene rings is 10. The molecule has 0 heterocycles. The van der Waals surface area contributed by atoms with Crippen LogP contribution in [0.4, 0.5) is 17.1 Å². The molecule has 282 valence electrons. The number of hydrogen-bond donors (Lipinski definition) is 0. The minimum atomic E-state index is -0.587. The van der Waals surface area contributed by atoms with Crippen LogP contribution >= 0.6 is 0 Å². The van der Waals surface area contributed by atoms with Crippen LogP contribution < -0.4 is 4.90 Å². The fourth-order valence-corrected chi connectivity index (χ4v) is 9.66. The predicted octanol–water partition coefficient (Wildman–Crippen LogP) is 15.7. The number of rotatable bonds is 8. The van der Waals surface area contributed by atoms with Crippen LogP contribution in [-0.4, -0.2) is 0 Å². The molecule has 10 aromatic carbocycles. The van der Waals surface area contributed by atoms with Crippen LogP contribution in [0.25, 0.3) is 55.3 Å². The zero-order valence-electron chi connectivity index (χ0n) is 33.1. The average molecular weight is 764 g/mol. The Balaban J connectivity index is 1.12. The summed E-state index contributed by atoms with van der Waals surface area (Å²) in [7, 11) is 0.